The normalized spacial score (nSPS) is 17.8. The summed E-state index contributed by atoms with van der Waals surface area (Å²) in [6.07, 6.45) is 0. The number of benzene rings is 1. The van der Waals surface area contributed by atoms with Crippen LogP contribution in [0.1, 0.15) is 19.4 Å². The van der Waals surface area contributed by atoms with E-state index in [1.54, 1.807) is 13.8 Å². The fourth-order valence-corrected chi connectivity index (χ4v) is 1.90. The quantitative estimate of drug-likeness (QED) is 0.799. The maximum Gasteiger partial charge on any atom is 0.326 e. The van der Waals surface area contributed by atoms with E-state index in [9.17, 15) is 9.59 Å². The van der Waals surface area contributed by atoms with Gasteiger partial charge in [-0.2, -0.15) is 0 Å². The van der Waals surface area contributed by atoms with Crippen LogP contribution in [-0.4, -0.2) is 29.0 Å². The van der Waals surface area contributed by atoms with Crippen molar-refractivity contribution in [3.05, 3.63) is 29.8 Å². The largest absolute Gasteiger partial charge is 0.367 e. The number of carbonyl (C=O) groups is 2. The van der Waals surface area contributed by atoms with Gasteiger partial charge in [0, 0.05) is 5.69 Å². The lowest BCUT2D eigenvalue weighted by molar-refractivity contribution is -0.129. The van der Waals surface area contributed by atoms with Crippen molar-refractivity contribution in [2.24, 2.45) is 0 Å². The average Bonchev–Trinajstić information content (AvgIpc) is 2.49. The van der Waals surface area contributed by atoms with Crippen molar-refractivity contribution < 1.29 is 9.59 Å². The lowest BCUT2D eigenvalue weighted by Gasteiger charge is -2.17. The van der Waals surface area contributed by atoms with Crippen LogP contribution in [-0.2, 0) is 4.79 Å². The SMILES string of the molecule is Cc1ccccc1NCN1C(=O)NC(C)(C)C1=O. The molecule has 0 saturated carbocycles. The maximum atomic E-state index is 11.9. The van der Waals surface area contributed by atoms with Crippen LogP contribution >= 0.6 is 0 Å². The van der Waals surface area contributed by atoms with Gasteiger partial charge >= 0.3 is 6.03 Å². The van der Waals surface area contributed by atoms with Crippen molar-refractivity contribution in [1.82, 2.24) is 10.2 Å². The first-order valence-corrected chi connectivity index (χ1v) is 5.85. The van der Waals surface area contributed by atoms with Gasteiger partial charge in [0.25, 0.3) is 5.91 Å². The Morgan fingerprint density at radius 1 is 1.28 bits per heavy atom. The second-order valence-corrected chi connectivity index (χ2v) is 4.94. The number of nitrogens with zero attached hydrogens (tertiary/aromatic N) is 1. The average molecular weight is 247 g/mol. The van der Waals surface area contributed by atoms with Crippen LogP contribution in [0.3, 0.4) is 0 Å². The Balaban J connectivity index is 2.06. The third kappa shape index (κ3) is 2.16. The summed E-state index contributed by atoms with van der Waals surface area (Å²) in [5.74, 6) is -0.214. The molecule has 0 aliphatic carbocycles. The van der Waals surface area contributed by atoms with Gasteiger partial charge < -0.3 is 10.6 Å². The van der Waals surface area contributed by atoms with Crippen molar-refractivity contribution in [2.75, 3.05) is 12.0 Å². The van der Waals surface area contributed by atoms with E-state index in [0.717, 1.165) is 11.3 Å². The highest BCUT2D eigenvalue weighted by Crippen LogP contribution is 2.18. The van der Waals surface area contributed by atoms with Crippen molar-refractivity contribution in [3.8, 4) is 0 Å². The zero-order chi connectivity index (χ0) is 13.3. The highest BCUT2D eigenvalue weighted by molar-refractivity contribution is 6.06. The van der Waals surface area contributed by atoms with Gasteiger partial charge in [-0.3, -0.25) is 4.79 Å². The second-order valence-electron chi connectivity index (χ2n) is 4.94. The van der Waals surface area contributed by atoms with E-state index in [-0.39, 0.29) is 18.6 Å². The molecule has 0 aromatic heterocycles. The molecule has 1 aromatic rings. The van der Waals surface area contributed by atoms with Gasteiger partial charge in [-0.25, -0.2) is 9.69 Å². The Morgan fingerprint density at radius 2 is 1.94 bits per heavy atom. The van der Waals surface area contributed by atoms with Gasteiger partial charge in [0.15, 0.2) is 0 Å². The van der Waals surface area contributed by atoms with Crippen molar-refractivity contribution >= 4 is 17.6 Å². The molecule has 1 aliphatic rings. The number of anilines is 1. The molecule has 96 valence electrons. The minimum absolute atomic E-state index is 0.180. The zero-order valence-corrected chi connectivity index (χ0v) is 10.8. The molecule has 0 unspecified atom stereocenters. The summed E-state index contributed by atoms with van der Waals surface area (Å²) >= 11 is 0. The molecule has 1 heterocycles. The monoisotopic (exact) mass is 247 g/mol. The summed E-state index contributed by atoms with van der Waals surface area (Å²) in [7, 11) is 0. The molecule has 0 bridgehead atoms. The molecule has 1 fully saturated rings. The van der Waals surface area contributed by atoms with Crippen molar-refractivity contribution in [2.45, 2.75) is 26.3 Å². The highest BCUT2D eigenvalue weighted by atomic mass is 16.2. The molecule has 1 saturated heterocycles. The van der Waals surface area contributed by atoms with Crippen molar-refractivity contribution in [3.63, 3.8) is 0 Å². The molecular weight excluding hydrogens is 230 g/mol. The fraction of sp³-hybridized carbons (Fsp3) is 0.385. The summed E-state index contributed by atoms with van der Waals surface area (Å²) in [5.41, 5.74) is 1.18. The van der Waals surface area contributed by atoms with Crippen LogP contribution in [0.25, 0.3) is 0 Å². The number of amides is 3. The number of urea groups is 1. The maximum absolute atomic E-state index is 11.9. The fourth-order valence-electron chi connectivity index (χ4n) is 1.90. The number of imide groups is 1. The van der Waals surface area contributed by atoms with E-state index >= 15 is 0 Å². The van der Waals surface area contributed by atoms with Crippen LogP contribution in [0.2, 0.25) is 0 Å². The van der Waals surface area contributed by atoms with Gasteiger partial charge in [0.05, 0.1) is 6.67 Å². The number of hydrogen-bond donors (Lipinski definition) is 2. The van der Waals surface area contributed by atoms with Gasteiger partial charge in [-0.05, 0) is 32.4 Å². The molecule has 1 aliphatic heterocycles. The molecule has 3 amide bonds. The predicted octanol–water partition coefficient (Wildman–Crippen LogP) is 1.69. The highest BCUT2D eigenvalue weighted by Gasteiger charge is 2.43. The van der Waals surface area contributed by atoms with E-state index in [1.165, 1.54) is 4.90 Å². The smallest absolute Gasteiger partial charge is 0.326 e. The first-order valence-electron chi connectivity index (χ1n) is 5.85. The van der Waals surface area contributed by atoms with Crippen LogP contribution in [0.4, 0.5) is 10.5 Å². The van der Waals surface area contributed by atoms with Gasteiger partial charge in [0.1, 0.15) is 5.54 Å². The van der Waals surface area contributed by atoms with E-state index in [4.69, 9.17) is 0 Å². The first kappa shape index (κ1) is 12.4. The van der Waals surface area contributed by atoms with E-state index < -0.39 is 5.54 Å². The molecule has 2 N–H and O–H groups in total. The second kappa shape index (κ2) is 4.33. The first-order chi connectivity index (χ1) is 8.42. The number of aryl methyl sites for hydroxylation is 1. The topological polar surface area (TPSA) is 61.4 Å². The van der Waals surface area contributed by atoms with Crippen LogP contribution in [0.5, 0.6) is 0 Å². The Morgan fingerprint density at radius 3 is 2.50 bits per heavy atom. The van der Waals surface area contributed by atoms with E-state index in [1.807, 2.05) is 31.2 Å². The lowest BCUT2D eigenvalue weighted by Crippen LogP contribution is -2.41. The molecule has 2 rings (SSSR count). The number of para-hydroxylation sites is 1. The van der Waals surface area contributed by atoms with Crippen LogP contribution in [0, 0.1) is 6.92 Å². The molecule has 0 spiro atoms. The Labute approximate surface area is 106 Å². The summed E-state index contributed by atoms with van der Waals surface area (Å²) in [5, 5.41) is 5.74. The summed E-state index contributed by atoms with van der Waals surface area (Å²) < 4.78 is 0. The lowest BCUT2D eigenvalue weighted by atomic mass is 10.1. The number of carbonyl (C=O) groups excluding carboxylic acids is 2. The molecule has 18 heavy (non-hydrogen) atoms. The van der Waals surface area contributed by atoms with Crippen LogP contribution < -0.4 is 10.6 Å². The molecule has 5 nitrogen and oxygen atoms in total. The number of rotatable bonds is 3. The molecule has 0 radical (unpaired) electrons. The number of nitrogens with one attached hydrogen (secondary N) is 2. The van der Waals surface area contributed by atoms with Gasteiger partial charge in [-0.1, -0.05) is 18.2 Å². The van der Waals surface area contributed by atoms with Crippen molar-refractivity contribution in [1.29, 1.82) is 0 Å². The Hall–Kier alpha value is -2.04. The molecule has 0 atom stereocenters. The predicted molar refractivity (Wildman–Crippen MR) is 69.1 cm³/mol. The van der Waals surface area contributed by atoms with Crippen LogP contribution in [0.15, 0.2) is 24.3 Å². The van der Waals surface area contributed by atoms with Gasteiger partial charge in [0.2, 0.25) is 0 Å². The third-order valence-electron chi connectivity index (χ3n) is 3.02. The van der Waals surface area contributed by atoms with E-state index in [0.29, 0.717) is 0 Å². The van der Waals surface area contributed by atoms with Gasteiger partial charge in [-0.15, -0.1) is 0 Å². The zero-order valence-electron chi connectivity index (χ0n) is 10.8. The summed E-state index contributed by atoms with van der Waals surface area (Å²) in [6.45, 7) is 5.54. The standard InChI is InChI=1S/C13H17N3O2/c1-9-6-4-5-7-10(9)14-8-16-11(17)13(2,3)15-12(16)18/h4-7,14H,8H2,1-3H3,(H,15,18). The summed E-state index contributed by atoms with van der Waals surface area (Å²) in [4.78, 5) is 24.8. The Kier molecular flexibility index (Phi) is 2.98. The minimum atomic E-state index is -0.815. The van der Waals surface area contributed by atoms with E-state index in [2.05, 4.69) is 10.6 Å². The molecular formula is C13H17N3O2. The Bertz CT molecular complexity index is 497. The summed E-state index contributed by atoms with van der Waals surface area (Å²) in [6, 6.07) is 7.38. The molecule has 5 heteroatoms. The molecule has 1 aromatic carbocycles. The number of hydrogen-bond acceptors (Lipinski definition) is 3. The third-order valence-corrected chi connectivity index (χ3v) is 3.02. The minimum Gasteiger partial charge on any atom is -0.367 e.